The van der Waals surface area contributed by atoms with Gasteiger partial charge in [-0.15, -0.1) is 0 Å². The van der Waals surface area contributed by atoms with E-state index in [1.165, 1.54) is 11.8 Å². The highest BCUT2D eigenvalue weighted by molar-refractivity contribution is 5.94. The summed E-state index contributed by atoms with van der Waals surface area (Å²) in [6.45, 7) is 1.39. The summed E-state index contributed by atoms with van der Waals surface area (Å²) in [5.74, 6) is -0.832. The molecule has 1 aliphatic rings. The molecule has 1 unspecified atom stereocenters. The largest absolute Gasteiger partial charge is 0.329 e. The number of nitrogens with zero attached hydrogens (tertiary/aromatic N) is 2. The van der Waals surface area contributed by atoms with Crippen molar-refractivity contribution in [2.75, 3.05) is 13.1 Å². The average Bonchev–Trinajstić information content (AvgIpc) is 2.92. The molecule has 0 spiro atoms. The molecule has 15 heavy (non-hydrogen) atoms. The Bertz CT molecular complexity index is 346. The Morgan fingerprint density at radius 2 is 2.20 bits per heavy atom. The quantitative estimate of drug-likeness (QED) is 0.545. The van der Waals surface area contributed by atoms with Crippen LogP contribution in [-0.4, -0.2) is 41.9 Å². The van der Waals surface area contributed by atoms with Crippen LogP contribution in [0.5, 0.6) is 0 Å². The fourth-order valence-electron chi connectivity index (χ4n) is 0.987. The summed E-state index contributed by atoms with van der Waals surface area (Å²) in [6.07, 6.45) is 0. The molecule has 80 valence electrons. The second kappa shape index (κ2) is 4.41. The van der Waals surface area contributed by atoms with E-state index in [2.05, 4.69) is 5.32 Å². The van der Waals surface area contributed by atoms with Crippen LogP contribution in [0.3, 0.4) is 0 Å². The molecule has 7 heteroatoms. The second-order valence-electron chi connectivity index (χ2n) is 3.05. The van der Waals surface area contributed by atoms with Crippen molar-refractivity contribution in [1.82, 2.24) is 15.5 Å². The number of nitrogens with one attached hydrogen (secondary N) is 2. The number of amides is 4. The van der Waals surface area contributed by atoms with E-state index in [0.717, 1.165) is 0 Å². The van der Waals surface area contributed by atoms with Gasteiger partial charge >= 0.3 is 6.03 Å². The summed E-state index contributed by atoms with van der Waals surface area (Å²) in [5, 5.41) is 12.6. The van der Waals surface area contributed by atoms with E-state index in [4.69, 9.17) is 5.26 Å². The molecule has 0 aromatic rings. The molecular formula is C8H10N4O3. The third-order valence-corrected chi connectivity index (χ3v) is 1.77. The predicted octanol–water partition coefficient (Wildman–Crippen LogP) is -1.43. The molecule has 7 nitrogen and oxygen atoms in total. The fourth-order valence-corrected chi connectivity index (χ4v) is 0.987. The number of hydrogen-bond acceptors (Lipinski definition) is 4. The van der Waals surface area contributed by atoms with Crippen LogP contribution in [-0.2, 0) is 9.59 Å². The molecular weight excluding hydrogens is 200 g/mol. The molecule has 0 aromatic heterocycles. The highest BCUT2D eigenvalue weighted by atomic mass is 16.2. The lowest BCUT2D eigenvalue weighted by Gasteiger charge is -2.04. The van der Waals surface area contributed by atoms with Gasteiger partial charge in [0, 0.05) is 6.92 Å². The molecule has 0 radical (unpaired) electrons. The van der Waals surface area contributed by atoms with Crippen LogP contribution in [0.4, 0.5) is 4.79 Å². The Morgan fingerprint density at radius 3 is 2.67 bits per heavy atom. The Hall–Kier alpha value is -2.10. The molecule has 1 fully saturated rings. The SMILES string of the molecule is CC(=O)NC(=O)NCC(=O)N1CC1C#N. The van der Waals surface area contributed by atoms with E-state index in [1.54, 1.807) is 0 Å². The molecule has 4 amide bonds. The topological polar surface area (TPSA) is 102 Å². The van der Waals surface area contributed by atoms with Crippen molar-refractivity contribution >= 4 is 17.8 Å². The van der Waals surface area contributed by atoms with Crippen LogP contribution < -0.4 is 10.6 Å². The van der Waals surface area contributed by atoms with Crippen molar-refractivity contribution < 1.29 is 14.4 Å². The maximum Gasteiger partial charge on any atom is 0.321 e. The van der Waals surface area contributed by atoms with Crippen LogP contribution >= 0.6 is 0 Å². The molecule has 0 saturated carbocycles. The summed E-state index contributed by atoms with van der Waals surface area (Å²) in [6, 6.07) is 0.830. The number of urea groups is 1. The Morgan fingerprint density at radius 1 is 1.53 bits per heavy atom. The van der Waals surface area contributed by atoms with Gasteiger partial charge in [0.25, 0.3) is 0 Å². The molecule has 1 atom stereocenters. The normalized spacial score (nSPS) is 17.6. The van der Waals surface area contributed by atoms with Gasteiger partial charge in [0.1, 0.15) is 6.04 Å². The first kappa shape index (κ1) is 11.0. The summed E-state index contributed by atoms with van der Waals surface area (Å²) < 4.78 is 0. The van der Waals surface area contributed by atoms with E-state index in [9.17, 15) is 14.4 Å². The number of imide groups is 1. The van der Waals surface area contributed by atoms with Gasteiger partial charge in [0.05, 0.1) is 19.2 Å². The molecule has 0 bridgehead atoms. The van der Waals surface area contributed by atoms with Crippen LogP contribution in [0.15, 0.2) is 0 Å². The third kappa shape index (κ3) is 3.27. The lowest BCUT2D eigenvalue weighted by Crippen LogP contribution is -2.42. The summed E-state index contributed by atoms with van der Waals surface area (Å²) in [5.41, 5.74) is 0. The minimum Gasteiger partial charge on any atom is -0.329 e. The van der Waals surface area contributed by atoms with Crippen molar-refractivity contribution in [1.29, 1.82) is 5.26 Å². The van der Waals surface area contributed by atoms with Crippen molar-refractivity contribution in [3.63, 3.8) is 0 Å². The van der Waals surface area contributed by atoms with Crippen molar-refractivity contribution in [2.45, 2.75) is 13.0 Å². The van der Waals surface area contributed by atoms with Gasteiger partial charge in [-0.1, -0.05) is 0 Å². The minimum atomic E-state index is -0.716. The molecule has 1 aliphatic heterocycles. The van der Waals surface area contributed by atoms with Gasteiger partial charge in [-0.05, 0) is 0 Å². The Kier molecular flexibility index (Phi) is 3.23. The summed E-state index contributed by atoms with van der Waals surface area (Å²) in [4.78, 5) is 33.8. The van der Waals surface area contributed by atoms with E-state index in [1.807, 2.05) is 11.4 Å². The van der Waals surface area contributed by atoms with Crippen LogP contribution in [0, 0.1) is 11.3 Å². The zero-order chi connectivity index (χ0) is 11.4. The van der Waals surface area contributed by atoms with Gasteiger partial charge in [0.15, 0.2) is 0 Å². The van der Waals surface area contributed by atoms with Gasteiger partial charge in [-0.25, -0.2) is 4.79 Å². The minimum absolute atomic E-state index is 0.211. The van der Waals surface area contributed by atoms with E-state index < -0.39 is 11.9 Å². The van der Waals surface area contributed by atoms with Crippen LogP contribution in [0.1, 0.15) is 6.92 Å². The number of hydrogen-bond donors (Lipinski definition) is 2. The van der Waals surface area contributed by atoms with Gasteiger partial charge < -0.3 is 10.2 Å². The Balaban J connectivity index is 2.21. The number of nitriles is 1. The number of rotatable bonds is 2. The molecule has 0 aromatic carbocycles. The van der Waals surface area contributed by atoms with E-state index >= 15 is 0 Å². The van der Waals surface area contributed by atoms with Crippen LogP contribution in [0.25, 0.3) is 0 Å². The highest BCUT2D eigenvalue weighted by Gasteiger charge is 2.38. The van der Waals surface area contributed by atoms with E-state index in [0.29, 0.717) is 6.54 Å². The molecule has 1 heterocycles. The standard InChI is InChI=1S/C8H10N4O3/c1-5(13)11-8(15)10-3-7(14)12-4-6(12)2-9/h6H,3-4H2,1H3,(H2,10,11,13,15). The molecule has 0 aliphatic carbocycles. The first-order valence-electron chi connectivity index (χ1n) is 4.29. The lowest BCUT2D eigenvalue weighted by molar-refractivity contribution is -0.125. The average molecular weight is 210 g/mol. The van der Waals surface area contributed by atoms with Gasteiger partial charge in [-0.3, -0.25) is 14.9 Å². The zero-order valence-electron chi connectivity index (χ0n) is 8.11. The van der Waals surface area contributed by atoms with Crippen molar-refractivity contribution in [2.24, 2.45) is 0 Å². The lowest BCUT2D eigenvalue weighted by atomic mass is 10.5. The number of carbonyl (C=O) groups is 3. The van der Waals surface area contributed by atoms with Gasteiger partial charge in [-0.2, -0.15) is 5.26 Å². The van der Waals surface area contributed by atoms with Crippen molar-refractivity contribution in [3.8, 4) is 6.07 Å². The maximum absolute atomic E-state index is 11.2. The summed E-state index contributed by atoms with van der Waals surface area (Å²) in [7, 11) is 0. The smallest absolute Gasteiger partial charge is 0.321 e. The Labute approximate surface area is 86.0 Å². The maximum atomic E-state index is 11.2. The van der Waals surface area contributed by atoms with Gasteiger partial charge in [0.2, 0.25) is 11.8 Å². The zero-order valence-corrected chi connectivity index (χ0v) is 8.11. The predicted molar refractivity (Wildman–Crippen MR) is 48.3 cm³/mol. The van der Waals surface area contributed by atoms with E-state index in [-0.39, 0.29) is 18.5 Å². The molecule has 2 N–H and O–H groups in total. The summed E-state index contributed by atoms with van der Waals surface area (Å²) >= 11 is 0. The monoisotopic (exact) mass is 210 g/mol. The first-order chi connectivity index (χ1) is 7.04. The second-order valence-corrected chi connectivity index (χ2v) is 3.05. The van der Waals surface area contributed by atoms with Crippen LogP contribution in [0.2, 0.25) is 0 Å². The first-order valence-corrected chi connectivity index (χ1v) is 4.29. The molecule has 1 rings (SSSR count). The number of carbonyl (C=O) groups excluding carboxylic acids is 3. The highest BCUT2D eigenvalue weighted by Crippen LogP contribution is 2.15. The fraction of sp³-hybridized carbons (Fsp3) is 0.500. The third-order valence-electron chi connectivity index (χ3n) is 1.77. The molecule has 1 saturated heterocycles. The van der Waals surface area contributed by atoms with Crippen molar-refractivity contribution in [3.05, 3.63) is 0 Å².